The largest absolute Gasteiger partial charge is 0.0988 e. The smallest absolute Gasteiger partial charge is 0.0404 e. The normalized spacial score (nSPS) is 7.85. The predicted octanol–water partition coefficient (Wildman–Crippen LogP) is 10.5. The molecule has 0 amide bonds. The van der Waals surface area contributed by atoms with Crippen LogP contribution in [-0.4, -0.2) is 0 Å². The van der Waals surface area contributed by atoms with Gasteiger partial charge in [0.1, 0.15) is 0 Å². The third-order valence-electron chi connectivity index (χ3n) is 3.15. The Morgan fingerprint density at radius 2 is 0.692 bits per heavy atom. The van der Waals surface area contributed by atoms with E-state index in [1.807, 2.05) is 13.8 Å². The van der Waals surface area contributed by atoms with E-state index in [1.54, 1.807) is 12.2 Å². The van der Waals surface area contributed by atoms with Crippen molar-refractivity contribution in [1.29, 1.82) is 0 Å². The maximum Gasteiger partial charge on any atom is -0.0404 e. The zero-order valence-electron chi connectivity index (χ0n) is 20.1. The van der Waals surface area contributed by atoms with Crippen molar-refractivity contribution in [1.82, 2.24) is 0 Å². The Bertz CT molecular complexity index is 225. The average molecular weight is 367 g/mol. The van der Waals surface area contributed by atoms with Crippen molar-refractivity contribution >= 4 is 0 Å². The molecule has 0 fully saturated rings. The lowest BCUT2D eigenvalue weighted by atomic mass is 10.1. The van der Waals surface area contributed by atoms with Gasteiger partial charge in [-0.1, -0.05) is 155 Å². The second kappa shape index (κ2) is 43.9. The van der Waals surface area contributed by atoms with Crippen LogP contribution in [0.1, 0.15) is 120 Å². The average Bonchev–Trinajstić information content (AvgIpc) is 2.66. The number of hydrogen-bond acceptors (Lipinski definition) is 0. The zero-order chi connectivity index (χ0) is 21.6. The first-order valence-corrected chi connectivity index (χ1v) is 10.8. The summed E-state index contributed by atoms with van der Waals surface area (Å²) < 4.78 is 0. The van der Waals surface area contributed by atoms with Gasteiger partial charge in [-0.15, -0.1) is 0 Å². The van der Waals surface area contributed by atoms with E-state index in [4.69, 9.17) is 0 Å². The molecule has 0 aliphatic heterocycles. The van der Waals surface area contributed by atoms with Crippen LogP contribution in [0.2, 0.25) is 0 Å². The van der Waals surface area contributed by atoms with Crippen LogP contribution in [0.4, 0.5) is 0 Å². The molecule has 0 N–H and O–H groups in total. The van der Waals surface area contributed by atoms with Crippen LogP contribution in [0.3, 0.4) is 0 Å². The van der Waals surface area contributed by atoms with E-state index in [0.717, 1.165) is 11.1 Å². The van der Waals surface area contributed by atoms with Gasteiger partial charge in [-0.05, 0) is 13.8 Å². The van der Waals surface area contributed by atoms with Crippen molar-refractivity contribution in [2.24, 2.45) is 0 Å². The molecule has 0 unspecified atom stereocenters. The minimum absolute atomic E-state index is 1.02. The van der Waals surface area contributed by atoms with E-state index in [1.165, 1.54) is 64.2 Å². The molecule has 0 heteroatoms. The van der Waals surface area contributed by atoms with E-state index in [2.05, 4.69) is 67.9 Å². The van der Waals surface area contributed by atoms with E-state index in [-0.39, 0.29) is 0 Å². The lowest BCUT2D eigenvalue weighted by molar-refractivity contribution is 0.624. The molecule has 26 heavy (non-hydrogen) atoms. The highest BCUT2D eigenvalue weighted by molar-refractivity contribution is 5.06. The Kier molecular flexibility index (Phi) is 60.7. The third kappa shape index (κ3) is 112. The van der Waals surface area contributed by atoms with Crippen molar-refractivity contribution in [3.63, 3.8) is 0 Å². The summed E-state index contributed by atoms with van der Waals surface area (Å²) >= 11 is 0. The highest BCUT2D eigenvalue weighted by Crippen LogP contribution is 2.03. The Balaban J connectivity index is -0.0000000730. The lowest BCUT2D eigenvalue weighted by Crippen LogP contribution is -1.73. The Hall–Kier alpha value is -1.04. The van der Waals surface area contributed by atoms with Crippen LogP contribution in [0.15, 0.2) is 49.6 Å². The van der Waals surface area contributed by atoms with Crippen molar-refractivity contribution in [3.8, 4) is 0 Å². The van der Waals surface area contributed by atoms with E-state index in [9.17, 15) is 0 Å². The van der Waals surface area contributed by atoms with Gasteiger partial charge in [0, 0.05) is 0 Å². The van der Waals surface area contributed by atoms with Crippen LogP contribution in [0.5, 0.6) is 0 Å². The second-order valence-electron chi connectivity index (χ2n) is 6.52. The quantitative estimate of drug-likeness (QED) is 0.281. The van der Waals surface area contributed by atoms with Gasteiger partial charge in [0.15, 0.2) is 0 Å². The molecule has 0 bridgehead atoms. The fourth-order valence-corrected chi connectivity index (χ4v) is 0.854. The van der Waals surface area contributed by atoms with Crippen molar-refractivity contribution in [2.45, 2.75) is 120 Å². The molecule has 0 saturated carbocycles. The monoisotopic (exact) mass is 366 g/mol. The molecule has 0 aromatic carbocycles. The number of allylic oxidation sites excluding steroid dienone is 4. The van der Waals surface area contributed by atoms with Crippen LogP contribution in [-0.2, 0) is 0 Å². The molecule has 0 atom stereocenters. The summed E-state index contributed by atoms with van der Waals surface area (Å²) in [5, 5.41) is 0. The molecular weight excluding hydrogens is 312 g/mol. The number of rotatable bonds is 9. The summed E-state index contributed by atoms with van der Waals surface area (Å²) in [6.45, 7) is 31.1. The molecule has 158 valence electrons. The maximum absolute atomic E-state index is 3.56. The van der Waals surface area contributed by atoms with Gasteiger partial charge >= 0.3 is 0 Å². The second-order valence-corrected chi connectivity index (χ2v) is 6.52. The molecule has 0 saturated heterocycles. The first-order chi connectivity index (χ1) is 12.3. The molecule has 0 aromatic rings. The van der Waals surface area contributed by atoms with Crippen LogP contribution in [0, 0.1) is 0 Å². The van der Waals surface area contributed by atoms with Crippen LogP contribution < -0.4 is 0 Å². The Labute approximate surface area is 169 Å². The highest BCUT2D eigenvalue weighted by Gasteiger charge is 1.83. The van der Waals surface area contributed by atoms with Crippen molar-refractivity contribution < 1.29 is 0 Å². The molecule has 0 radical (unpaired) electrons. The van der Waals surface area contributed by atoms with E-state index < -0.39 is 0 Å². The molecule has 0 aliphatic rings. The van der Waals surface area contributed by atoms with Gasteiger partial charge < -0.3 is 0 Å². The molecule has 0 heterocycles. The minimum Gasteiger partial charge on any atom is -0.0988 e. The van der Waals surface area contributed by atoms with Gasteiger partial charge in [-0.3, -0.25) is 0 Å². The molecular formula is C26H54. The topological polar surface area (TPSA) is 0 Å². The Morgan fingerprint density at radius 1 is 0.500 bits per heavy atom. The third-order valence-corrected chi connectivity index (χ3v) is 3.15. The van der Waals surface area contributed by atoms with Gasteiger partial charge in [-0.25, -0.2) is 0 Å². The van der Waals surface area contributed by atoms with Crippen LogP contribution >= 0.6 is 0 Å². The summed E-state index contributed by atoms with van der Waals surface area (Å²) in [6, 6.07) is 0. The maximum atomic E-state index is 3.56. The molecule has 0 spiro atoms. The zero-order valence-corrected chi connectivity index (χ0v) is 20.1. The van der Waals surface area contributed by atoms with Crippen molar-refractivity contribution in [2.75, 3.05) is 0 Å². The summed E-state index contributed by atoms with van der Waals surface area (Å²) in [7, 11) is 0. The first kappa shape index (κ1) is 36.0. The summed E-state index contributed by atoms with van der Waals surface area (Å²) in [4.78, 5) is 0. The van der Waals surface area contributed by atoms with Gasteiger partial charge in [0.05, 0.1) is 0 Å². The summed E-state index contributed by atoms with van der Waals surface area (Å²) in [5.74, 6) is 0. The highest BCUT2D eigenvalue weighted by atomic mass is 13.9. The Morgan fingerprint density at radius 3 is 0.769 bits per heavy atom. The first-order valence-electron chi connectivity index (χ1n) is 10.8. The summed E-state index contributed by atoms with van der Waals surface area (Å²) in [6.07, 6.45) is 17.2. The predicted molar refractivity (Wildman–Crippen MR) is 130 cm³/mol. The molecule has 0 aliphatic carbocycles. The van der Waals surface area contributed by atoms with Gasteiger partial charge in [0.2, 0.25) is 0 Å². The molecule has 0 aromatic heterocycles. The van der Waals surface area contributed by atoms with Gasteiger partial charge in [-0.2, -0.15) is 0 Å². The number of unbranched alkanes of at least 4 members (excludes halogenated alkanes) is 7. The van der Waals surface area contributed by atoms with Crippen molar-refractivity contribution in [3.05, 3.63) is 49.6 Å². The summed E-state index contributed by atoms with van der Waals surface area (Å²) in [5.41, 5.74) is 2.04. The molecule has 0 nitrogen and oxygen atoms in total. The fraction of sp³-hybridized carbons (Fsp3) is 0.692. The van der Waals surface area contributed by atoms with E-state index in [0.29, 0.717) is 0 Å². The SMILES string of the molecule is C=CC(=C)C.C=CC(=C)C.CCCC.CCCC.CCCCCCCC. The lowest BCUT2D eigenvalue weighted by Gasteiger charge is -1.93. The fourth-order valence-electron chi connectivity index (χ4n) is 0.854. The standard InChI is InChI=1S/C8H18.2C5H8.2C4H10/c1-3-5-7-8-6-4-2;2*1-4-5(2)3;2*1-3-4-2/h3-8H2,1-2H3;2*4H,1-2H2,3H3;2*3-4H2,1-2H3. The van der Waals surface area contributed by atoms with E-state index >= 15 is 0 Å². The van der Waals surface area contributed by atoms with Gasteiger partial charge in [0.25, 0.3) is 0 Å². The molecule has 0 rings (SSSR count). The minimum atomic E-state index is 1.02. The van der Waals surface area contributed by atoms with Crippen LogP contribution in [0.25, 0.3) is 0 Å². The number of hydrogen-bond donors (Lipinski definition) is 0.